The summed E-state index contributed by atoms with van der Waals surface area (Å²) in [6.45, 7) is 3.78. The average molecular weight is 327 g/mol. The fourth-order valence-electron chi connectivity index (χ4n) is 3.27. The smallest absolute Gasteiger partial charge is 0.314 e. The van der Waals surface area contributed by atoms with Crippen LogP contribution in [-0.4, -0.2) is 16.2 Å². The second-order valence-electron chi connectivity index (χ2n) is 5.50. The monoisotopic (exact) mass is 326 g/mol. The van der Waals surface area contributed by atoms with Crippen molar-refractivity contribution >= 4 is 21.9 Å². The second-order valence-corrected chi connectivity index (χ2v) is 6.29. The molecule has 0 atom stereocenters. The van der Waals surface area contributed by atoms with Crippen LogP contribution in [0.2, 0.25) is 0 Å². The van der Waals surface area contributed by atoms with Gasteiger partial charge in [-0.2, -0.15) is 0 Å². The molecule has 0 unspecified atom stereocenters. The average Bonchev–Trinajstić information content (AvgIpc) is 2.37. The van der Waals surface area contributed by atoms with E-state index in [0.29, 0.717) is 22.9 Å². The van der Waals surface area contributed by atoms with Gasteiger partial charge in [-0.05, 0) is 53.7 Å². The minimum atomic E-state index is -0.928. The molecule has 1 aliphatic carbocycles. The first-order chi connectivity index (χ1) is 8.90. The Morgan fingerprint density at radius 1 is 1.21 bits per heavy atom. The maximum atomic E-state index is 11.9. The molecule has 0 heterocycles. The molecule has 1 aromatic carbocycles. The van der Waals surface area contributed by atoms with E-state index in [0.717, 1.165) is 30.4 Å². The van der Waals surface area contributed by atoms with E-state index >= 15 is 0 Å². The van der Waals surface area contributed by atoms with Crippen LogP contribution in [0.15, 0.2) is 10.5 Å². The minimum absolute atomic E-state index is 0.0989. The molecular weight excluding hydrogens is 308 g/mol. The molecule has 0 saturated heterocycles. The number of rotatable bonds is 2. The lowest BCUT2D eigenvalue weighted by Crippen LogP contribution is -2.38. The highest BCUT2D eigenvalue weighted by molar-refractivity contribution is 9.10. The Kier molecular flexibility index (Phi) is 3.90. The van der Waals surface area contributed by atoms with Crippen molar-refractivity contribution in [3.63, 3.8) is 0 Å². The number of benzene rings is 1. The lowest BCUT2D eigenvalue weighted by atomic mass is 9.67. The van der Waals surface area contributed by atoms with Crippen LogP contribution in [0.5, 0.6) is 5.75 Å². The van der Waals surface area contributed by atoms with E-state index in [4.69, 9.17) is 0 Å². The van der Waals surface area contributed by atoms with Crippen molar-refractivity contribution in [2.24, 2.45) is 0 Å². The zero-order valence-electron chi connectivity index (χ0n) is 11.3. The fourth-order valence-corrected chi connectivity index (χ4v) is 3.59. The summed E-state index contributed by atoms with van der Waals surface area (Å²) in [7, 11) is 0. The Labute approximate surface area is 121 Å². The van der Waals surface area contributed by atoms with Gasteiger partial charge in [-0.1, -0.05) is 25.3 Å². The van der Waals surface area contributed by atoms with Gasteiger partial charge in [0.1, 0.15) is 5.75 Å². The lowest BCUT2D eigenvalue weighted by Gasteiger charge is -2.35. The Morgan fingerprint density at radius 3 is 2.32 bits per heavy atom. The van der Waals surface area contributed by atoms with Crippen LogP contribution >= 0.6 is 15.9 Å². The van der Waals surface area contributed by atoms with Crippen LogP contribution in [-0.2, 0) is 10.2 Å². The van der Waals surface area contributed by atoms with Crippen LogP contribution < -0.4 is 0 Å². The molecule has 0 amide bonds. The summed E-state index contributed by atoms with van der Waals surface area (Å²) in [6, 6.07) is 1.94. The maximum Gasteiger partial charge on any atom is 0.314 e. The SMILES string of the molecule is Cc1cc(C)c(C2(C(=O)O)CCCCC2)c(O)c1Br. The summed E-state index contributed by atoms with van der Waals surface area (Å²) >= 11 is 3.36. The summed E-state index contributed by atoms with van der Waals surface area (Å²) in [5.74, 6) is -0.719. The molecule has 0 bridgehead atoms. The van der Waals surface area contributed by atoms with E-state index in [1.165, 1.54) is 0 Å². The summed E-state index contributed by atoms with van der Waals surface area (Å²) in [5, 5.41) is 20.1. The van der Waals surface area contributed by atoms with Crippen molar-refractivity contribution in [2.45, 2.75) is 51.4 Å². The number of halogens is 1. The van der Waals surface area contributed by atoms with Crippen molar-refractivity contribution in [1.82, 2.24) is 0 Å². The first kappa shape index (κ1) is 14.4. The largest absolute Gasteiger partial charge is 0.506 e. The van der Waals surface area contributed by atoms with Gasteiger partial charge in [0.25, 0.3) is 0 Å². The summed E-state index contributed by atoms with van der Waals surface area (Å²) in [4.78, 5) is 11.9. The number of hydrogen-bond acceptors (Lipinski definition) is 2. The third-order valence-electron chi connectivity index (χ3n) is 4.21. The number of carbonyl (C=O) groups is 1. The molecule has 1 aromatic rings. The summed E-state index contributed by atoms with van der Waals surface area (Å²) in [6.07, 6.45) is 4.08. The molecule has 1 aliphatic rings. The molecule has 1 saturated carbocycles. The molecule has 2 N–H and O–H groups in total. The molecule has 104 valence electrons. The zero-order chi connectivity index (χ0) is 14.2. The fraction of sp³-hybridized carbons (Fsp3) is 0.533. The Balaban J connectivity index is 2.67. The molecule has 3 nitrogen and oxygen atoms in total. The van der Waals surface area contributed by atoms with Gasteiger partial charge in [-0.25, -0.2) is 0 Å². The van der Waals surface area contributed by atoms with Gasteiger partial charge in [0.15, 0.2) is 0 Å². The van der Waals surface area contributed by atoms with Crippen LogP contribution in [0.25, 0.3) is 0 Å². The molecule has 0 aliphatic heterocycles. The second kappa shape index (κ2) is 5.16. The highest BCUT2D eigenvalue weighted by atomic mass is 79.9. The molecule has 2 rings (SSSR count). The first-order valence-corrected chi connectivity index (χ1v) is 7.42. The van der Waals surface area contributed by atoms with E-state index in [1.54, 1.807) is 0 Å². The highest BCUT2D eigenvalue weighted by Crippen LogP contribution is 2.47. The van der Waals surface area contributed by atoms with Gasteiger partial charge in [0, 0.05) is 5.56 Å². The van der Waals surface area contributed by atoms with Crippen LogP contribution in [0.4, 0.5) is 0 Å². The van der Waals surface area contributed by atoms with Gasteiger partial charge < -0.3 is 10.2 Å². The normalized spacial score (nSPS) is 18.3. The minimum Gasteiger partial charge on any atom is -0.506 e. The molecule has 1 fully saturated rings. The molecular formula is C15H19BrO3. The van der Waals surface area contributed by atoms with Crippen molar-refractivity contribution in [3.05, 3.63) is 27.2 Å². The molecule has 19 heavy (non-hydrogen) atoms. The van der Waals surface area contributed by atoms with Gasteiger partial charge in [0.2, 0.25) is 0 Å². The molecule has 0 radical (unpaired) electrons. The highest BCUT2D eigenvalue weighted by Gasteiger charge is 2.44. The Bertz CT molecular complexity index is 517. The van der Waals surface area contributed by atoms with E-state index in [-0.39, 0.29) is 5.75 Å². The summed E-state index contributed by atoms with van der Waals surface area (Å²) in [5.41, 5.74) is 1.46. The van der Waals surface area contributed by atoms with Crippen molar-refractivity contribution < 1.29 is 15.0 Å². The lowest BCUT2D eigenvalue weighted by molar-refractivity contribution is -0.145. The van der Waals surface area contributed by atoms with E-state index in [2.05, 4.69) is 15.9 Å². The summed E-state index contributed by atoms with van der Waals surface area (Å²) < 4.78 is 0.610. The van der Waals surface area contributed by atoms with Gasteiger partial charge >= 0.3 is 5.97 Å². The van der Waals surface area contributed by atoms with E-state index < -0.39 is 11.4 Å². The van der Waals surface area contributed by atoms with Gasteiger partial charge in [0.05, 0.1) is 9.89 Å². The quantitative estimate of drug-likeness (QED) is 0.861. The molecule has 0 spiro atoms. The number of aromatic hydroxyl groups is 1. The number of phenols is 1. The predicted molar refractivity (Wildman–Crippen MR) is 77.7 cm³/mol. The number of aliphatic carboxylic acids is 1. The van der Waals surface area contributed by atoms with Crippen molar-refractivity contribution in [3.8, 4) is 5.75 Å². The topological polar surface area (TPSA) is 57.5 Å². The zero-order valence-corrected chi connectivity index (χ0v) is 12.9. The number of carboxylic acids is 1. The van der Waals surface area contributed by atoms with Gasteiger partial charge in [-0.15, -0.1) is 0 Å². The Hall–Kier alpha value is -1.03. The first-order valence-electron chi connectivity index (χ1n) is 6.62. The van der Waals surface area contributed by atoms with Crippen LogP contribution in [0, 0.1) is 13.8 Å². The molecule has 4 heteroatoms. The van der Waals surface area contributed by atoms with E-state index in [9.17, 15) is 15.0 Å². The van der Waals surface area contributed by atoms with Crippen molar-refractivity contribution in [2.75, 3.05) is 0 Å². The van der Waals surface area contributed by atoms with Gasteiger partial charge in [-0.3, -0.25) is 4.79 Å². The number of phenolic OH excluding ortho intramolecular Hbond substituents is 1. The number of aryl methyl sites for hydroxylation is 2. The number of hydrogen-bond donors (Lipinski definition) is 2. The van der Waals surface area contributed by atoms with E-state index in [1.807, 2.05) is 19.9 Å². The maximum absolute atomic E-state index is 11.9. The number of carboxylic acid groups (broad SMARTS) is 1. The third-order valence-corrected chi connectivity index (χ3v) is 5.21. The van der Waals surface area contributed by atoms with Crippen LogP contribution in [0.1, 0.15) is 48.8 Å². The predicted octanol–water partition coefficient (Wildman–Crippen LogP) is 4.06. The molecule has 0 aromatic heterocycles. The Morgan fingerprint density at radius 2 is 1.79 bits per heavy atom. The van der Waals surface area contributed by atoms with Crippen LogP contribution in [0.3, 0.4) is 0 Å². The standard InChI is InChI=1S/C15H19BrO3/c1-9-8-10(2)12(16)13(17)11(9)15(14(18)19)6-4-3-5-7-15/h8,17H,3-7H2,1-2H3,(H,18,19). The van der Waals surface area contributed by atoms with Crippen molar-refractivity contribution in [1.29, 1.82) is 0 Å². The third kappa shape index (κ3) is 2.27.